The number of imide groups is 1. The molecule has 7 nitrogen and oxygen atoms in total. The molecule has 0 radical (unpaired) electrons. The number of aryl methyl sites for hydroxylation is 1. The summed E-state index contributed by atoms with van der Waals surface area (Å²) in [5.74, 6) is -1.66. The van der Waals surface area contributed by atoms with Crippen LogP contribution in [-0.4, -0.2) is 38.2 Å². The second kappa shape index (κ2) is 6.64. The number of rotatable bonds is 5. The predicted molar refractivity (Wildman–Crippen MR) is 78.7 cm³/mol. The average molecular weight is 324 g/mol. The summed E-state index contributed by atoms with van der Waals surface area (Å²) in [6.45, 7) is 1.64. The SMILES string of the molecule is COC(=O)CC[C@H]1NC(=O)N(c2cc(F)c(OC)cc2C)C1=O. The van der Waals surface area contributed by atoms with Gasteiger partial charge in [-0.1, -0.05) is 0 Å². The van der Waals surface area contributed by atoms with Crippen LogP contribution < -0.4 is 15.0 Å². The van der Waals surface area contributed by atoms with Crippen LogP contribution in [-0.2, 0) is 14.3 Å². The van der Waals surface area contributed by atoms with E-state index in [0.717, 1.165) is 11.0 Å². The summed E-state index contributed by atoms with van der Waals surface area (Å²) in [6, 6.07) is 0.991. The van der Waals surface area contributed by atoms with E-state index >= 15 is 0 Å². The molecule has 2 rings (SSSR count). The summed E-state index contributed by atoms with van der Waals surface area (Å²) in [7, 11) is 2.57. The number of urea groups is 1. The summed E-state index contributed by atoms with van der Waals surface area (Å²) in [5, 5.41) is 2.48. The molecule has 1 N–H and O–H groups in total. The lowest BCUT2D eigenvalue weighted by molar-refractivity contribution is -0.140. The molecule has 124 valence electrons. The highest BCUT2D eigenvalue weighted by atomic mass is 19.1. The standard InChI is InChI=1S/C15H17FN2O5/c1-8-6-12(22-2)9(16)7-11(8)18-14(20)10(17-15(18)21)4-5-13(19)23-3/h6-7,10H,4-5H2,1-3H3,(H,17,21)/t10-/m1/s1. The maximum atomic E-state index is 13.9. The molecule has 1 aromatic carbocycles. The normalized spacial score (nSPS) is 17.2. The lowest BCUT2D eigenvalue weighted by atomic mass is 10.1. The monoisotopic (exact) mass is 324 g/mol. The first-order valence-electron chi connectivity index (χ1n) is 6.94. The van der Waals surface area contributed by atoms with Crippen molar-refractivity contribution < 1.29 is 28.2 Å². The molecule has 23 heavy (non-hydrogen) atoms. The number of hydrogen-bond acceptors (Lipinski definition) is 5. The third-order valence-electron chi connectivity index (χ3n) is 3.60. The van der Waals surface area contributed by atoms with E-state index in [4.69, 9.17) is 4.74 Å². The van der Waals surface area contributed by atoms with E-state index in [1.807, 2.05) is 0 Å². The fourth-order valence-corrected chi connectivity index (χ4v) is 2.36. The molecule has 0 saturated carbocycles. The molecule has 3 amide bonds. The molecule has 1 aliphatic heterocycles. The lowest BCUT2D eigenvalue weighted by Crippen LogP contribution is -2.32. The molecule has 0 aliphatic carbocycles. The smallest absolute Gasteiger partial charge is 0.329 e. The molecular formula is C15H17FN2O5. The molecule has 1 aliphatic rings. The molecule has 1 atom stereocenters. The maximum absolute atomic E-state index is 13.9. The van der Waals surface area contributed by atoms with Crippen LogP contribution in [0, 0.1) is 12.7 Å². The van der Waals surface area contributed by atoms with Crippen LogP contribution in [0.3, 0.4) is 0 Å². The maximum Gasteiger partial charge on any atom is 0.329 e. The number of carbonyl (C=O) groups is 3. The topological polar surface area (TPSA) is 84.9 Å². The van der Waals surface area contributed by atoms with Crippen molar-refractivity contribution in [2.24, 2.45) is 0 Å². The van der Waals surface area contributed by atoms with E-state index in [0.29, 0.717) is 5.56 Å². The molecular weight excluding hydrogens is 307 g/mol. The first-order valence-corrected chi connectivity index (χ1v) is 6.94. The fraction of sp³-hybridized carbons (Fsp3) is 0.400. The number of methoxy groups -OCH3 is 2. The number of halogens is 1. The molecule has 1 heterocycles. The van der Waals surface area contributed by atoms with E-state index in [9.17, 15) is 18.8 Å². The number of nitrogens with zero attached hydrogens (tertiary/aromatic N) is 1. The van der Waals surface area contributed by atoms with Crippen LogP contribution in [0.15, 0.2) is 12.1 Å². The third-order valence-corrected chi connectivity index (χ3v) is 3.60. The van der Waals surface area contributed by atoms with E-state index in [2.05, 4.69) is 10.1 Å². The Morgan fingerprint density at radius 1 is 1.35 bits per heavy atom. The first-order chi connectivity index (χ1) is 10.9. The summed E-state index contributed by atoms with van der Waals surface area (Å²) in [4.78, 5) is 36.5. The van der Waals surface area contributed by atoms with Gasteiger partial charge in [0.25, 0.3) is 5.91 Å². The van der Waals surface area contributed by atoms with Gasteiger partial charge in [0.15, 0.2) is 11.6 Å². The van der Waals surface area contributed by atoms with E-state index in [-0.39, 0.29) is 24.3 Å². The molecule has 1 fully saturated rings. The number of amides is 3. The van der Waals surface area contributed by atoms with Gasteiger partial charge in [0.05, 0.1) is 19.9 Å². The zero-order valence-electron chi connectivity index (χ0n) is 13.0. The number of anilines is 1. The van der Waals surface area contributed by atoms with Crippen LogP contribution in [0.4, 0.5) is 14.9 Å². The number of hydrogen-bond donors (Lipinski definition) is 1. The number of nitrogens with one attached hydrogen (secondary N) is 1. The van der Waals surface area contributed by atoms with Crippen molar-refractivity contribution in [3.8, 4) is 5.75 Å². The summed E-state index contributed by atoms with van der Waals surface area (Å²) < 4.78 is 23.2. The predicted octanol–water partition coefficient (Wildman–Crippen LogP) is 1.52. The molecule has 0 unspecified atom stereocenters. The average Bonchev–Trinajstić information content (AvgIpc) is 2.81. The van der Waals surface area contributed by atoms with Crippen LogP contribution in [0.1, 0.15) is 18.4 Å². The zero-order valence-corrected chi connectivity index (χ0v) is 13.0. The van der Waals surface area contributed by atoms with Crippen molar-refractivity contribution in [2.45, 2.75) is 25.8 Å². The third kappa shape index (κ3) is 3.25. The number of carbonyl (C=O) groups excluding carboxylic acids is 3. The van der Waals surface area contributed by atoms with Gasteiger partial charge in [-0.15, -0.1) is 0 Å². The second-order valence-corrected chi connectivity index (χ2v) is 5.06. The van der Waals surface area contributed by atoms with Crippen molar-refractivity contribution in [1.82, 2.24) is 5.32 Å². The Morgan fingerprint density at radius 3 is 2.65 bits per heavy atom. The quantitative estimate of drug-likeness (QED) is 0.656. The second-order valence-electron chi connectivity index (χ2n) is 5.06. The van der Waals surface area contributed by atoms with Gasteiger partial charge in [-0.25, -0.2) is 14.1 Å². The van der Waals surface area contributed by atoms with Crippen molar-refractivity contribution in [3.63, 3.8) is 0 Å². The molecule has 8 heteroatoms. The number of benzene rings is 1. The first kappa shape index (κ1) is 16.7. The number of esters is 1. The van der Waals surface area contributed by atoms with Crippen molar-refractivity contribution in [1.29, 1.82) is 0 Å². The Bertz CT molecular complexity index is 662. The number of ether oxygens (including phenoxy) is 2. The van der Waals surface area contributed by atoms with Crippen LogP contribution in [0.2, 0.25) is 0 Å². The van der Waals surface area contributed by atoms with Gasteiger partial charge >= 0.3 is 12.0 Å². The highest BCUT2D eigenvalue weighted by Gasteiger charge is 2.40. The van der Waals surface area contributed by atoms with Crippen molar-refractivity contribution in [3.05, 3.63) is 23.5 Å². The van der Waals surface area contributed by atoms with Gasteiger partial charge in [0.1, 0.15) is 6.04 Å². The van der Waals surface area contributed by atoms with E-state index < -0.39 is 29.8 Å². The van der Waals surface area contributed by atoms with Crippen molar-refractivity contribution in [2.75, 3.05) is 19.1 Å². The Labute approximate surface area is 132 Å². The molecule has 0 bridgehead atoms. The van der Waals surface area contributed by atoms with Crippen molar-refractivity contribution >= 4 is 23.6 Å². The highest BCUT2D eigenvalue weighted by Crippen LogP contribution is 2.30. The molecule has 0 aromatic heterocycles. The fourth-order valence-electron chi connectivity index (χ4n) is 2.36. The van der Waals surface area contributed by atoms with Gasteiger partial charge in [0.2, 0.25) is 0 Å². The Kier molecular flexibility index (Phi) is 4.83. The van der Waals surface area contributed by atoms with Gasteiger partial charge < -0.3 is 14.8 Å². The minimum absolute atomic E-state index is 0.00299. The minimum atomic E-state index is -0.842. The Balaban J connectivity index is 2.23. The minimum Gasteiger partial charge on any atom is -0.494 e. The van der Waals surface area contributed by atoms with Gasteiger partial charge in [-0.2, -0.15) is 0 Å². The lowest BCUT2D eigenvalue weighted by Gasteiger charge is -2.17. The van der Waals surface area contributed by atoms with Crippen LogP contribution >= 0.6 is 0 Å². The summed E-state index contributed by atoms with van der Waals surface area (Å²) >= 11 is 0. The largest absolute Gasteiger partial charge is 0.494 e. The van der Waals surface area contributed by atoms with Gasteiger partial charge in [0, 0.05) is 12.5 Å². The summed E-state index contributed by atoms with van der Waals surface area (Å²) in [6.07, 6.45) is 0.114. The van der Waals surface area contributed by atoms with Crippen LogP contribution in [0.25, 0.3) is 0 Å². The highest BCUT2D eigenvalue weighted by molar-refractivity contribution is 6.21. The van der Waals surface area contributed by atoms with Crippen LogP contribution in [0.5, 0.6) is 5.75 Å². The van der Waals surface area contributed by atoms with E-state index in [1.165, 1.54) is 20.3 Å². The Morgan fingerprint density at radius 2 is 2.04 bits per heavy atom. The zero-order chi connectivity index (χ0) is 17.1. The Hall–Kier alpha value is -2.64. The molecule has 1 aromatic rings. The molecule has 1 saturated heterocycles. The van der Waals surface area contributed by atoms with E-state index in [1.54, 1.807) is 6.92 Å². The molecule has 0 spiro atoms. The van der Waals surface area contributed by atoms with Gasteiger partial charge in [-0.05, 0) is 25.0 Å². The summed E-state index contributed by atoms with van der Waals surface area (Å²) in [5.41, 5.74) is 0.659. The van der Waals surface area contributed by atoms with Gasteiger partial charge in [-0.3, -0.25) is 9.59 Å².